The SMILES string of the molecule is COc1cc2c(cc1O)C1C#CC3CC4CC(CC3C(=O)C(O)C(=O)CC2)C2CCC3CCC(CC#CC5=C(NCC=C5C4CC#CC4CC(CC(C(O)O)C4Cc4cccc(O)c4)c4ccccc41)Nc1ccc4ccc(c(O)c4c1)CC(O)CNCC(C)c1c[nH]c(c1)CC2O)C3. The number of aliphatic hydroxyl groups is 5. The topological polar surface area (TPSA) is 257 Å². The number of ether oxygens (including phenoxy) is 1. The summed E-state index contributed by atoms with van der Waals surface area (Å²) < 4.78 is 5.73. The molecule has 5 aromatic carbocycles. The van der Waals surface area contributed by atoms with Gasteiger partial charge in [0.1, 0.15) is 17.3 Å². The molecular formula is C84H94N4O11. The number of aromatic nitrogens is 1. The second-order valence-electron chi connectivity index (χ2n) is 30.2. The molecule has 516 valence electrons. The third-order valence-electron chi connectivity index (χ3n) is 24.0. The number of aliphatic hydroxyl groups excluding tert-OH is 4. The summed E-state index contributed by atoms with van der Waals surface area (Å²) in [5.41, 5.74) is 8.88. The normalized spacial score (nSPS) is 31.2. The zero-order chi connectivity index (χ0) is 68.6. The minimum Gasteiger partial charge on any atom is -0.508 e. The van der Waals surface area contributed by atoms with Gasteiger partial charge in [-0.2, -0.15) is 0 Å². The van der Waals surface area contributed by atoms with Gasteiger partial charge in [-0.15, -0.1) is 5.92 Å². The van der Waals surface area contributed by atoms with Crippen LogP contribution in [0.3, 0.4) is 0 Å². The zero-order valence-electron chi connectivity index (χ0n) is 56.7. The molecule has 12 N–H and O–H groups in total. The lowest BCUT2D eigenvalue weighted by Crippen LogP contribution is -2.40. The quantitative estimate of drug-likeness (QED) is 0.0446. The standard InChI is InChI=1S/C84H94N4O11/c1-47-44-85-46-63(90)37-55-20-19-51-21-24-60(41-74(51)80(55)94)88-83-70-15-6-8-48-16-17-49(30-48)18-25-66(77(92)42-61-36-59(47)45-87-61)58-35-56-34-53-22-26-68(72-43-78(93)79(99-2)40-54(72)23-27-76(91)82(96)81(95)73(53)38-58)67-13-4-3-12-64(67)57-33-52(10-7-14-65(56)69(70)28-29-86-83)71(75(39-57)84(97)98)32-50-9-5-11-62(89)31-50/h3-5,9,11-13,19-21,24,28,31,36,40-41,43,45,47-49,52-53,56-58,63,65-66,68,71,73,75,77,82,84-90,92-94,96-98H,8,14,16-18,23,25,27,29-30,32-35,37-39,42,44,46H2,1-2H3. The Morgan fingerprint density at radius 2 is 1.54 bits per heavy atom. The maximum Gasteiger partial charge on any atom is 0.173 e. The van der Waals surface area contributed by atoms with E-state index < -0.39 is 71.7 Å². The number of fused-ring (bicyclic) bond motifs is 14. The number of Topliss-reactive ketones (excluding diaryl/α,β-unsaturated/α-hetero) is 2. The van der Waals surface area contributed by atoms with Crippen LogP contribution in [0, 0.1) is 101 Å². The second-order valence-corrected chi connectivity index (χ2v) is 30.2. The minimum atomic E-state index is -1.95. The Labute approximate surface area is 581 Å². The third kappa shape index (κ3) is 14.6. The molecule has 15 heteroatoms. The van der Waals surface area contributed by atoms with E-state index in [4.69, 9.17) is 4.74 Å². The number of rotatable bonds is 4. The number of aryl methyl sites for hydroxylation is 1. The molecule has 15 nitrogen and oxygen atoms in total. The van der Waals surface area contributed by atoms with Gasteiger partial charge in [-0.3, -0.25) is 9.59 Å². The first-order valence-corrected chi connectivity index (χ1v) is 36.3. The highest BCUT2D eigenvalue weighted by Crippen LogP contribution is 2.52. The van der Waals surface area contributed by atoms with Gasteiger partial charge in [0.2, 0.25) is 0 Å². The maximum atomic E-state index is 16.0. The van der Waals surface area contributed by atoms with Gasteiger partial charge in [0.15, 0.2) is 35.5 Å². The summed E-state index contributed by atoms with van der Waals surface area (Å²) in [5, 5.41) is 108. The van der Waals surface area contributed by atoms with Crippen molar-refractivity contribution in [2.75, 3.05) is 32.1 Å². The fourth-order valence-electron chi connectivity index (χ4n) is 18.8. The number of phenols is 3. The number of benzene rings is 5. The van der Waals surface area contributed by atoms with E-state index in [0.717, 1.165) is 70.2 Å². The molecule has 6 aliphatic carbocycles. The Bertz CT molecular complexity index is 4280. The van der Waals surface area contributed by atoms with Crippen molar-refractivity contribution in [3.63, 3.8) is 0 Å². The van der Waals surface area contributed by atoms with Crippen LogP contribution in [0.2, 0.25) is 0 Å². The van der Waals surface area contributed by atoms with Crippen LogP contribution in [0.1, 0.15) is 153 Å². The third-order valence-corrected chi connectivity index (χ3v) is 24.0. The number of carbonyl (C=O) groups is 2. The largest absolute Gasteiger partial charge is 0.508 e. The molecule has 99 heavy (non-hydrogen) atoms. The fraction of sp³-hybridized carbons (Fsp3) is 0.476. The van der Waals surface area contributed by atoms with Gasteiger partial charge in [-0.1, -0.05) is 110 Å². The van der Waals surface area contributed by atoms with Gasteiger partial charge < -0.3 is 66.5 Å². The first-order chi connectivity index (χ1) is 48.0. The van der Waals surface area contributed by atoms with Gasteiger partial charge in [-0.05, 0) is 210 Å². The number of aromatic hydroxyl groups is 3. The van der Waals surface area contributed by atoms with Crippen LogP contribution >= 0.6 is 0 Å². The molecule has 0 saturated heterocycles. The number of anilines is 1. The molecule has 2 aliphatic heterocycles. The van der Waals surface area contributed by atoms with Crippen molar-refractivity contribution < 1.29 is 55.2 Å². The van der Waals surface area contributed by atoms with Crippen LogP contribution < -0.4 is 20.7 Å². The number of H-pyrrole nitrogens is 1. The summed E-state index contributed by atoms with van der Waals surface area (Å²) in [6, 6.07) is 30.5. The molecule has 14 rings (SSSR count). The Balaban J connectivity index is 1.02. The van der Waals surface area contributed by atoms with E-state index in [1.54, 1.807) is 24.3 Å². The van der Waals surface area contributed by atoms with Crippen molar-refractivity contribution >= 4 is 28.0 Å². The van der Waals surface area contributed by atoms with E-state index >= 15 is 4.79 Å². The first kappa shape index (κ1) is 67.9. The molecule has 3 saturated carbocycles. The molecule has 17 unspecified atom stereocenters. The van der Waals surface area contributed by atoms with Crippen LogP contribution in [0.15, 0.2) is 126 Å². The van der Waals surface area contributed by atoms with Crippen molar-refractivity contribution in [2.24, 2.45) is 65.1 Å². The number of allylic oxidation sites excluding steroid dienone is 2. The van der Waals surface area contributed by atoms with Gasteiger partial charge in [0, 0.05) is 98.4 Å². The molecule has 0 spiro atoms. The van der Waals surface area contributed by atoms with Crippen molar-refractivity contribution in [2.45, 2.75) is 158 Å². The number of β-amino-alcohol motifs (C(OH)–C–C–N with tert-alkyl or cyclic N) is 1. The van der Waals surface area contributed by atoms with Crippen molar-refractivity contribution in [3.05, 3.63) is 171 Å². The van der Waals surface area contributed by atoms with E-state index in [-0.39, 0.29) is 84.2 Å². The summed E-state index contributed by atoms with van der Waals surface area (Å²) in [6.07, 6.45) is 7.41. The van der Waals surface area contributed by atoms with Gasteiger partial charge in [0.25, 0.3) is 0 Å². The Morgan fingerprint density at radius 3 is 2.37 bits per heavy atom. The predicted molar refractivity (Wildman–Crippen MR) is 381 cm³/mol. The summed E-state index contributed by atoms with van der Waals surface area (Å²) in [5.74, 6) is 18.0. The van der Waals surface area contributed by atoms with Crippen LogP contribution in [-0.2, 0) is 35.3 Å². The van der Waals surface area contributed by atoms with E-state index in [9.17, 15) is 45.6 Å². The average Bonchev–Trinajstić information content (AvgIpc) is 1.73. The molecule has 0 amide bonds. The Kier molecular flexibility index (Phi) is 20.2. The van der Waals surface area contributed by atoms with E-state index in [1.165, 1.54) is 7.11 Å². The number of carbonyl (C=O) groups excluding carboxylic acids is 2. The smallest absolute Gasteiger partial charge is 0.173 e. The van der Waals surface area contributed by atoms with Crippen LogP contribution in [0.25, 0.3) is 10.8 Å². The van der Waals surface area contributed by atoms with Crippen LogP contribution in [0.5, 0.6) is 23.0 Å². The average molecular weight is 1340 g/mol. The molecule has 8 aliphatic rings. The fourth-order valence-corrected chi connectivity index (χ4v) is 18.8. The molecule has 0 radical (unpaired) electrons. The Hall–Kier alpha value is -8.30. The number of methoxy groups -OCH3 is 1. The summed E-state index contributed by atoms with van der Waals surface area (Å²) in [7, 11) is 1.47. The highest BCUT2D eigenvalue weighted by atomic mass is 16.5. The van der Waals surface area contributed by atoms with Crippen LogP contribution in [0.4, 0.5) is 5.69 Å². The summed E-state index contributed by atoms with van der Waals surface area (Å²) in [4.78, 5) is 34.4. The van der Waals surface area contributed by atoms with Gasteiger partial charge in [-0.25, -0.2) is 0 Å². The van der Waals surface area contributed by atoms with Crippen molar-refractivity contribution in [1.29, 1.82) is 0 Å². The molecule has 17 atom stereocenters. The number of hydrogen-bond donors (Lipinski definition) is 12. The van der Waals surface area contributed by atoms with E-state index in [0.29, 0.717) is 123 Å². The summed E-state index contributed by atoms with van der Waals surface area (Å²) in [6.45, 7) is 3.41. The van der Waals surface area contributed by atoms with E-state index in [1.807, 2.05) is 60.8 Å². The highest BCUT2D eigenvalue weighted by molar-refractivity contribution is 6.06. The number of ketones is 2. The monoisotopic (exact) mass is 1330 g/mol. The van der Waals surface area contributed by atoms with Gasteiger partial charge in [0.05, 0.1) is 30.8 Å². The molecule has 3 heterocycles. The highest BCUT2D eigenvalue weighted by Gasteiger charge is 2.48. The zero-order valence-corrected chi connectivity index (χ0v) is 56.7. The first-order valence-electron chi connectivity index (χ1n) is 36.3. The molecule has 1 aromatic heterocycles. The number of phenolic OH excluding ortho intramolecular Hbond substituents is 3. The lowest BCUT2D eigenvalue weighted by molar-refractivity contribution is -0.142. The number of hydrogen-bond acceptors (Lipinski definition) is 14. The molecule has 6 aromatic rings. The van der Waals surface area contributed by atoms with Gasteiger partial charge >= 0.3 is 0 Å². The number of nitrogens with one attached hydrogen (secondary N) is 4. The second kappa shape index (κ2) is 29.5. The van der Waals surface area contributed by atoms with Crippen LogP contribution in [-0.4, -0.2) is 109 Å². The predicted octanol–water partition coefficient (Wildman–Crippen LogP) is 11.1. The van der Waals surface area contributed by atoms with E-state index in [2.05, 4.69) is 87.7 Å². The molecule has 3 fully saturated rings. The maximum absolute atomic E-state index is 16.0. The lowest BCUT2D eigenvalue weighted by Gasteiger charge is -2.42. The number of aromatic amines is 1. The van der Waals surface area contributed by atoms with Crippen molar-refractivity contribution in [1.82, 2.24) is 15.6 Å². The minimum absolute atomic E-state index is 0.0341. The molecule has 17 bridgehead atoms. The summed E-state index contributed by atoms with van der Waals surface area (Å²) >= 11 is 0. The number of dihydropyridines is 1. The Morgan fingerprint density at radius 1 is 0.707 bits per heavy atom. The van der Waals surface area contributed by atoms with Crippen molar-refractivity contribution in [3.8, 4) is 58.5 Å². The lowest BCUT2D eigenvalue weighted by atomic mass is 9.63. The molecular weight excluding hydrogens is 1240 g/mol.